The topological polar surface area (TPSA) is 70.8 Å². The lowest BCUT2D eigenvalue weighted by molar-refractivity contribution is 0.909. The first-order valence-electron chi connectivity index (χ1n) is 5.78. The number of allylic oxidation sites excluding steroid dienone is 1. The summed E-state index contributed by atoms with van der Waals surface area (Å²) in [6.07, 6.45) is 6.05. The van der Waals surface area contributed by atoms with Crippen molar-refractivity contribution in [3.63, 3.8) is 0 Å². The van der Waals surface area contributed by atoms with Gasteiger partial charge in [-0.05, 0) is 12.1 Å². The highest BCUT2D eigenvalue weighted by atomic mass is 16.1. The summed E-state index contributed by atoms with van der Waals surface area (Å²) in [7, 11) is 1.75. The van der Waals surface area contributed by atoms with Crippen molar-refractivity contribution >= 4 is 11.8 Å². The van der Waals surface area contributed by atoms with Gasteiger partial charge < -0.3 is 10.7 Å². The molecule has 0 radical (unpaired) electrons. The molecular weight excluding hydrogens is 240 g/mol. The molecule has 0 aliphatic heterocycles. The van der Waals surface area contributed by atoms with Crippen LogP contribution in [0, 0.1) is 5.41 Å². The zero-order valence-electron chi connectivity index (χ0n) is 10.5. The van der Waals surface area contributed by atoms with Crippen LogP contribution in [0.1, 0.15) is 5.56 Å². The monoisotopic (exact) mass is 254 g/mol. The second-order valence-corrected chi connectivity index (χ2v) is 3.86. The summed E-state index contributed by atoms with van der Waals surface area (Å²) in [5, 5.41) is 10.2. The van der Waals surface area contributed by atoms with E-state index in [2.05, 4.69) is 10.3 Å². The van der Waals surface area contributed by atoms with Crippen molar-refractivity contribution in [2.45, 2.75) is 0 Å². The Labute approximate surface area is 110 Å². The lowest BCUT2D eigenvalue weighted by atomic mass is 10.1. The molecule has 5 heteroatoms. The third-order valence-electron chi connectivity index (χ3n) is 2.61. The molecule has 96 valence electrons. The molecule has 1 aromatic carbocycles. The van der Waals surface area contributed by atoms with Crippen molar-refractivity contribution in [2.24, 2.45) is 0 Å². The Hall–Kier alpha value is -2.69. The fourth-order valence-electron chi connectivity index (χ4n) is 1.70. The number of nitrogens with zero attached hydrogens (tertiary/aromatic N) is 2. The van der Waals surface area contributed by atoms with E-state index in [9.17, 15) is 4.79 Å². The van der Waals surface area contributed by atoms with E-state index in [1.165, 1.54) is 17.0 Å². The minimum Gasteiger partial charge on any atom is -0.393 e. The Morgan fingerprint density at radius 2 is 2.11 bits per heavy atom. The summed E-state index contributed by atoms with van der Waals surface area (Å²) < 4.78 is 1.46. The molecule has 0 bridgehead atoms. The Balaban J connectivity index is 2.55. The van der Waals surface area contributed by atoms with Gasteiger partial charge in [0.2, 0.25) is 0 Å². The summed E-state index contributed by atoms with van der Waals surface area (Å²) >= 11 is 0. The average molecular weight is 254 g/mol. The standard InChI is InChI=1S/C14H14N4O/c1-16-8-11(7-15)12-9-17-14(19)18(10-12)13-5-3-2-4-6-13/h2-10,15-16H,1H3/b11-8+,15-7?. The quantitative estimate of drug-likeness (QED) is 0.811. The minimum absolute atomic E-state index is 0.344. The van der Waals surface area contributed by atoms with Crippen LogP contribution in [0.4, 0.5) is 0 Å². The molecule has 0 fully saturated rings. The molecule has 1 heterocycles. The maximum Gasteiger partial charge on any atom is 0.352 e. The Bertz CT molecular complexity index is 659. The van der Waals surface area contributed by atoms with E-state index in [0.717, 1.165) is 5.69 Å². The molecular formula is C14H14N4O. The molecule has 0 atom stereocenters. The summed E-state index contributed by atoms with van der Waals surface area (Å²) in [6.45, 7) is 0. The van der Waals surface area contributed by atoms with Crippen LogP contribution in [-0.2, 0) is 0 Å². The molecule has 5 nitrogen and oxygen atoms in total. The van der Waals surface area contributed by atoms with Crippen molar-refractivity contribution in [2.75, 3.05) is 7.05 Å². The third-order valence-corrected chi connectivity index (χ3v) is 2.61. The molecule has 0 unspecified atom stereocenters. The number of hydrogen-bond acceptors (Lipinski definition) is 4. The van der Waals surface area contributed by atoms with Gasteiger partial charge in [0.25, 0.3) is 0 Å². The lowest BCUT2D eigenvalue weighted by Gasteiger charge is -2.07. The molecule has 0 spiro atoms. The molecule has 19 heavy (non-hydrogen) atoms. The second-order valence-electron chi connectivity index (χ2n) is 3.86. The molecule has 0 aliphatic carbocycles. The lowest BCUT2D eigenvalue weighted by Crippen LogP contribution is -2.21. The molecule has 2 rings (SSSR count). The average Bonchev–Trinajstić information content (AvgIpc) is 2.46. The molecule has 2 aromatic rings. The Morgan fingerprint density at radius 1 is 1.37 bits per heavy atom. The summed E-state index contributed by atoms with van der Waals surface area (Å²) in [5.74, 6) is 0. The van der Waals surface area contributed by atoms with Gasteiger partial charge in [-0.3, -0.25) is 4.57 Å². The van der Waals surface area contributed by atoms with Crippen molar-refractivity contribution in [3.05, 3.63) is 65.0 Å². The number of rotatable bonds is 4. The van der Waals surface area contributed by atoms with Crippen LogP contribution in [0.15, 0.2) is 53.7 Å². The predicted octanol–water partition coefficient (Wildman–Crippen LogP) is 1.44. The maximum atomic E-state index is 11.8. The van der Waals surface area contributed by atoms with Gasteiger partial charge >= 0.3 is 5.69 Å². The molecule has 1 aromatic heterocycles. The number of benzene rings is 1. The van der Waals surface area contributed by atoms with Crippen LogP contribution in [0.25, 0.3) is 11.3 Å². The van der Waals surface area contributed by atoms with E-state index in [-0.39, 0.29) is 5.69 Å². The van der Waals surface area contributed by atoms with Gasteiger partial charge in [-0.1, -0.05) is 18.2 Å². The third kappa shape index (κ3) is 2.77. The van der Waals surface area contributed by atoms with E-state index >= 15 is 0 Å². The maximum absolute atomic E-state index is 11.8. The smallest absolute Gasteiger partial charge is 0.352 e. The highest BCUT2D eigenvalue weighted by Gasteiger charge is 2.04. The van der Waals surface area contributed by atoms with E-state index in [1.54, 1.807) is 19.4 Å². The van der Waals surface area contributed by atoms with E-state index in [1.807, 2.05) is 30.3 Å². The normalized spacial score (nSPS) is 11.1. The Morgan fingerprint density at radius 3 is 2.74 bits per heavy atom. The largest absolute Gasteiger partial charge is 0.393 e. The number of aromatic nitrogens is 2. The zero-order chi connectivity index (χ0) is 13.7. The molecule has 0 aliphatic rings. The van der Waals surface area contributed by atoms with E-state index in [0.29, 0.717) is 11.1 Å². The SMILES string of the molecule is CN/C=C(\C=N)c1cnc(=O)n(-c2ccccc2)c1. The molecule has 0 saturated carbocycles. The number of para-hydroxylation sites is 1. The van der Waals surface area contributed by atoms with Crippen LogP contribution in [0.5, 0.6) is 0 Å². The Kier molecular flexibility index (Phi) is 3.87. The van der Waals surface area contributed by atoms with Gasteiger partial charge in [0, 0.05) is 43.0 Å². The molecule has 0 amide bonds. The zero-order valence-corrected chi connectivity index (χ0v) is 10.5. The van der Waals surface area contributed by atoms with Crippen molar-refractivity contribution in [3.8, 4) is 5.69 Å². The number of nitrogens with one attached hydrogen (secondary N) is 2. The molecule has 0 saturated heterocycles. The fraction of sp³-hybridized carbons (Fsp3) is 0.0714. The van der Waals surface area contributed by atoms with Crippen LogP contribution in [-0.4, -0.2) is 22.8 Å². The van der Waals surface area contributed by atoms with Crippen molar-refractivity contribution in [1.29, 1.82) is 5.41 Å². The van der Waals surface area contributed by atoms with Crippen LogP contribution in [0.3, 0.4) is 0 Å². The first kappa shape index (κ1) is 12.8. The van der Waals surface area contributed by atoms with Crippen molar-refractivity contribution < 1.29 is 0 Å². The van der Waals surface area contributed by atoms with Crippen molar-refractivity contribution in [1.82, 2.24) is 14.9 Å². The van der Waals surface area contributed by atoms with Gasteiger partial charge in [-0.25, -0.2) is 9.78 Å². The predicted molar refractivity (Wildman–Crippen MR) is 75.7 cm³/mol. The van der Waals surface area contributed by atoms with Gasteiger partial charge in [-0.2, -0.15) is 0 Å². The van der Waals surface area contributed by atoms with Crippen LogP contribution >= 0.6 is 0 Å². The van der Waals surface area contributed by atoms with Gasteiger partial charge in [0.1, 0.15) is 0 Å². The van der Waals surface area contributed by atoms with Crippen LogP contribution < -0.4 is 11.0 Å². The minimum atomic E-state index is -0.344. The summed E-state index contributed by atoms with van der Waals surface area (Å²) in [5.41, 5.74) is 1.76. The first-order valence-corrected chi connectivity index (χ1v) is 5.78. The van der Waals surface area contributed by atoms with Gasteiger partial charge in [-0.15, -0.1) is 0 Å². The molecule has 2 N–H and O–H groups in total. The highest BCUT2D eigenvalue weighted by Crippen LogP contribution is 2.11. The van der Waals surface area contributed by atoms with Gasteiger partial charge in [0.15, 0.2) is 0 Å². The van der Waals surface area contributed by atoms with E-state index in [4.69, 9.17) is 5.41 Å². The van der Waals surface area contributed by atoms with E-state index < -0.39 is 0 Å². The highest BCUT2D eigenvalue weighted by molar-refractivity contribution is 6.07. The first-order chi connectivity index (χ1) is 9.26. The summed E-state index contributed by atoms with van der Waals surface area (Å²) in [6, 6.07) is 9.26. The summed E-state index contributed by atoms with van der Waals surface area (Å²) in [4.78, 5) is 15.6. The number of hydrogen-bond donors (Lipinski definition) is 2. The fourth-order valence-corrected chi connectivity index (χ4v) is 1.70. The van der Waals surface area contributed by atoms with Gasteiger partial charge in [0.05, 0.1) is 5.69 Å². The second kappa shape index (κ2) is 5.77. The van der Waals surface area contributed by atoms with Crippen LogP contribution in [0.2, 0.25) is 0 Å².